The van der Waals surface area contributed by atoms with Gasteiger partial charge in [0, 0.05) is 11.7 Å². The van der Waals surface area contributed by atoms with Gasteiger partial charge in [-0.1, -0.05) is 17.3 Å². The van der Waals surface area contributed by atoms with Crippen LogP contribution in [-0.4, -0.2) is 25.5 Å². The van der Waals surface area contributed by atoms with Crippen molar-refractivity contribution in [1.82, 2.24) is 19.6 Å². The van der Waals surface area contributed by atoms with Gasteiger partial charge in [-0.05, 0) is 39.0 Å². The molecule has 0 radical (unpaired) electrons. The number of hydrogen-bond donors (Lipinski definition) is 1. The first-order chi connectivity index (χ1) is 13.5. The molecule has 1 aromatic carbocycles. The Morgan fingerprint density at radius 1 is 1.17 bits per heavy atom. The van der Waals surface area contributed by atoms with E-state index in [0.29, 0.717) is 11.4 Å². The predicted molar refractivity (Wildman–Crippen MR) is 98.5 cm³/mol. The Hall–Kier alpha value is -3.61. The number of alkyl halides is 3. The van der Waals surface area contributed by atoms with Crippen LogP contribution in [0.1, 0.15) is 42.4 Å². The monoisotopic (exact) mass is 402 g/mol. The van der Waals surface area contributed by atoms with E-state index < -0.39 is 23.2 Å². The fourth-order valence-corrected chi connectivity index (χ4v) is 2.75. The Bertz CT molecular complexity index is 1100. The Kier molecular flexibility index (Phi) is 4.92. The van der Waals surface area contributed by atoms with Crippen LogP contribution in [0.2, 0.25) is 0 Å². The maximum atomic E-state index is 13.2. The Labute approximate surface area is 164 Å². The number of carbonyl (C=O) groups excluding carboxylic acids is 1. The summed E-state index contributed by atoms with van der Waals surface area (Å²) in [7, 11) is 0. The summed E-state index contributed by atoms with van der Waals surface area (Å²) in [5.74, 6) is -0.293. The zero-order chi connectivity index (χ0) is 21.4. The lowest BCUT2D eigenvalue weighted by Gasteiger charge is -2.24. The lowest BCUT2D eigenvalue weighted by molar-refractivity contribution is -0.137. The maximum Gasteiger partial charge on any atom is 0.418 e. The van der Waals surface area contributed by atoms with Gasteiger partial charge in [-0.3, -0.25) is 4.79 Å². The van der Waals surface area contributed by atoms with Crippen LogP contribution in [0.3, 0.4) is 0 Å². The normalized spacial score (nSPS) is 11.9. The fraction of sp³-hybridized carbons (Fsp3) is 0.263. The van der Waals surface area contributed by atoms with Crippen LogP contribution in [0, 0.1) is 11.3 Å². The lowest BCUT2D eigenvalue weighted by atomic mass is 10.1. The van der Waals surface area contributed by atoms with E-state index in [1.54, 1.807) is 10.8 Å². The number of nitriles is 1. The summed E-state index contributed by atoms with van der Waals surface area (Å²) in [6.07, 6.45) is -1.85. The SMILES string of the molecule is CC(C)(C)n1cc(C#N)cc1NC(=O)c1cn(-c2ccccc2C(F)(F)F)nn1. The second kappa shape index (κ2) is 7.09. The van der Waals surface area contributed by atoms with Crippen LogP contribution in [0.15, 0.2) is 42.7 Å². The number of carbonyl (C=O) groups is 1. The highest BCUT2D eigenvalue weighted by Crippen LogP contribution is 2.33. The molecule has 0 aliphatic heterocycles. The van der Waals surface area contributed by atoms with Crippen molar-refractivity contribution in [3.63, 3.8) is 0 Å². The Morgan fingerprint density at radius 2 is 1.86 bits per heavy atom. The highest BCUT2D eigenvalue weighted by Gasteiger charge is 2.34. The molecule has 0 fully saturated rings. The summed E-state index contributed by atoms with van der Waals surface area (Å²) < 4.78 is 42.2. The van der Waals surface area contributed by atoms with E-state index >= 15 is 0 Å². The third-order valence-corrected chi connectivity index (χ3v) is 4.10. The largest absolute Gasteiger partial charge is 0.418 e. The predicted octanol–water partition coefficient (Wildman–Crippen LogP) is 3.97. The molecule has 150 valence electrons. The second-order valence-corrected chi connectivity index (χ2v) is 7.28. The van der Waals surface area contributed by atoms with Gasteiger partial charge in [0.25, 0.3) is 5.91 Å². The number of rotatable bonds is 3. The van der Waals surface area contributed by atoms with Crippen LogP contribution in [-0.2, 0) is 11.7 Å². The number of amides is 1. The first-order valence-corrected chi connectivity index (χ1v) is 8.54. The molecule has 0 aliphatic rings. The molecular weight excluding hydrogens is 385 g/mol. The molecular formula is C19H17F3N6O. The molecule has 1 N–H and O–H groups in total. The first kappa shape index (κ1) is 20.1. The van der Waals surface area contributed by atoms with E-state index in [-0.39, 0.29) is 11.4 Å². The summed E-state index contributed by atoms with van der Waals surface area (Å²) in [4.78, 5) is 12.6. The van der Waals surface area contributed by atoms with Crippen molar-refractivity contribution in [2.75, 3.05) is 5.32 Å². The summed E-state index contributed by atoms with van der Waals surface area (Å²) in [5, 5.41) is 19.1. The molecule has 1 amide bonds. The Balaban J connectivity index is 1.91. The number of benzene rings is 1. The van der Waals surface area contributed by atoms with Crippen LogP contribution in [0.5, 0.6) is 0 Å². The van der Waals surface area contributed by atoms with E-state index in [9.17, 15) is 18.0 Å². The average Bonchev–Trinajstić information content (AvgIpc) is 3.27. The van der Waals surface area contributed by atoms with Gasteiger partial charge in [0.05, 0.1) is 23.0 Å². The van der Waals surface area contributed by atoms with Crippen LogP contribution >= 0.6 is 0 Å². The number of para-hydroxylation sites is 1. The van der Waals surface area contributed by atoms with Crippen molar-refractivity contribution in [3.8, 4) is 11.8 Å². The third-order valence-electron chi connectivity index (χ3n) is 4.10. The molecule has 0 bridgehead atoms. The molecule has 3 aromatic rings. The molecule has 0 atom stereocenters. The first-order valence-electron chi connectivity index (χ1n) is 8.54. The van der Waals surface area contributed by atoms with E-state index in [4.69, 9.17) is 5.26 Å². The number of nitrogens with one attached hydrogen (secondary N) is 1. The number of anilines is 1. The van der Waals surface area contributed by atoms with Crippen molar-refractivity contribution in [1.29, 1.82) is 5.26 Å². The second-order valence-electron chi connectivity index (χ2n) is 7.28. The third kappa shape index (κ3) is 4.13. The quantitative estimate of drug-likeness (QED) is 0.718. The lowest BCUT2D eigenvalue weighted by Crippen LogP contribution is -2.25. The van der Waals surface area contributed by atoms with Gasteiger partial charge in [0.15, 0.2) is 5.69 Å². The van der Waals surface area contributed by atoms with Gasteiger partial charge in [-0.15, -0.1) is 5.10 Å². The number of aromatic nitrogens is 4. The van der Waals surface area contributed by atoms with Gasteiger partial charge in [0.2, 0.25) is 0 Å². The van der Waals surface area contributed by atoms with Crippen molar-refractivity contribution in [2.45, 2.75) is 32.5 Å². The zero-order valence-electron chi connectivity index (χ0n) is 15.8. The highest BCUT2D eigenvalue weighted by molar-refractivity contribution is 6.02. The van der Waals surface area contributed by atoms with E-state index in [2.05, 4.69) is 15.6 Å². The molecule has 29 heavy (non-hydrogen) atoms. The number of hydrogen-bond acceptors (Lipinski definition) is 4. The summed E-state index contributed by atoms with van der Waals surface area (Å²) in [5.41, 5.74) is -1.35. The zero-order valence-corrected chi connectivity index (χ0v) is 15.8. The van der Waals surface area contributed by atoms with Crippen molar-refractivity contribution < 1.29 is 18.0 Å². The molecule has 3 rings (SSSR count). The maximum absolute atomic E-state index is 13.2. The molecule has 0 unspecified atom stereocenters. The van der Waals surface area contributed by atoms with Gasteiger partial charge in [-0.25, -0.2) is 4.68 Å². The van der Waals surface area contributed by atoms with Gasteiger partial charge < -0.3 is 9.88 Å². The Morgan fingerprint density at radius 3 is 2.48 bits per heavy atom. The minimum atomic E-state index is -4.58. The van der Waals surface area contributed by atoms with Crippen LogP contribution in [0.25, 0.3) is 5.69 Å². The van der Waals surface area contributed by atoms with Crippen molar-refractivity contribution in [2.24, 2.45) is 0 Å². The van der Waals surface area contributed by atoms with Crippen molar-refractivity contribution in [3.05, 3.63) is 59.5 Å². The molecule has 0 aliphatic carbocycles. The van der Waals surface area contributed by atoms with Gasteiger partial charge in [0.1, 0.15) is 11.9 Å². The highest BCUT2D eigenvalue weighted by atomic mass is 19.4. The molecule has 10 heteroatoms. The molecule has 7 nitrogen and oxygen atoms in total. The molecule has 0 spiro atoms. The van der Waals surface area contributed by atoms with Gasteiger partial charge >= 0.3 is 6.18 Å². The number of nitrogens with zero attached hydrogens (tertiary/aromatic N) is 5. The number of halogens is 3. The van der Waals surface area contributed by atoms with Crippen molar-refractivity contribution >= 4 is 11.7 Å². The van der Waals surface area contributed by atoms with E-state index in [1.807, 2.05) is 26.8 Å². The molecule has 2 aromatic heterocycles. The van der Waals surface area contributed by atoms with Crippen LogP contribution < -0.4 is 5.32 Å². The van der Waals surface area contributed by atoms with Gasteiger partial charge in [-0.2, -0.15) is 18.4 Å². The van der Waals surface area contributed by atoms with Crippen LogP contribution in [0.4, 0.5) is 19.0 Å². The minimum absolute atomic E-state index is 0.165. The molecule has 2 heterocycles. The average molecular weight is 402 g/mol. The summed E-state index contributed by atoms with van der Waals surface area (Å²) in [6.45, 7) is 5.69. The topological polar surface area (TPSA) is 88.5 Å². The smallest absolute Gasteiger partial charge is 0.328 e. The standard InChI is InChI=1S/C19H17F3N6O/c1-18(2,3)27-10-12(9-23)8-16(27)24-17(29)14-11-28(26-25-14)15-7-5-4-6-13(15)19(20,21)22/h4-8,10-11H,1-3H3,(H,24,29). The molecule has 0 saturated heterocycles. The summed E-state index contributed by atoms with van der Waals surface area (Å²) in [6, 6.07) is 8.39. The fourth-order valence-electron chi connectivity index (χ4n) is 2.75. The van der Waals surface area contributed by atoms with E-state index in [1.165, 1.54) is 24.3 Å². The minimum Gasteiger partial charge on any atom is -0.328 e. The molecule has 0 saturated carbocycles. The summed E-state index contributed by atoms with van der Waals surface area (Å²) >= 11 is 0. The van der Waals surface area contributed by atoms with E-state index in [0.717, 1.165) is 16.9 Å².